The van der Waals surface area contributed by atoms with Gasteiger partial charge in [0.25, 0.3) is 0 Å². The summed E-state index contributed by atoms with van der Waals surface area (Å²) >= 11 is 0. The van der Waals surface area contributed by atoms with Crippen LogP contribution < -0.4 is 9.64 Å². The number of anilines is 1. The first-order chi connectivity index (χ1) is 15.6. The number of carbonyl (C=O) groups excluding carboxylic acids is 1. The largest absolute Gasteiger partial charge is 0.491 e. The molecular formula is C27H27N3O2. The van der Waals surface area contributed by atoms with E-state index in [4.69, 9.17) is 9.72 Å². The minimum Gasteiger partial charge on any atom is -0.491 e. The second kappa shape index (κ2) is 8.50. The lowest BCUT2D eigenvalue weighted by molar-refractivity contribution is -0.117. The number of hydrogen-bond donors (Lipinski definition) is 0. The van der Waals surface area contributed by atoms with Crippen LogP contribution >= 0.6 is 0 Å². The summed E-state index contributed by atoms with van der Waals surface area (Å²) in [6.45, 7) is 6.05. The molecule has 5 rings (SSSR count). The molecule has 0 spiro atoms. The smallest absolute Gasteiger partial charge is 0.227 e. The predicted molar refractivity (Wildman–Crippen MR) is 127 cm³/mol. The molecule has 5 nitrogen and oxygen atoms in total. The number of para-hydroxylation sites is 3. The quantitative estimate of drug-likeness (QED) is 0.424. The molecule has 162 valence electrons. The van der Waals surface area contributed by atoms with Gasteiger partial charge in [0.05, 0.1) is 17.6 Å². The summed E-state index contributed by atoms with van der Waals surface area (Å²) < 4.78 is 8.37. The van der Waals surface area contributed by atoms with Gasteiger partial charge in [-0.15, -0.1) is 0 Å². The van der Waals surface area contributed by atoms with Crippen LogP contribution in [0.4, 0.5) is 5.69 Å². The van der Waals surface area contributed by atoms with Gasteiger partial charge in [0.15, 0.2) is 0 Å². The Hall–Kier alpha value is -3.60. The average molecular weight is 426 g/mol. The Morgan fingerprint density at radius 3 is 2.59 bits per heavy atom. The first-order valence-electron chi connectivity index (χ1n) is 11.1. The van der Waals surface area contributed by atoms with Crippen LogP contribution in [0.5, 0.6) is 5.75 Å². The number of nitrogens with zero attached hydrogens (tertiary/aromatic N) is 3. The minimum atomic E-state index is 0.0517. The molecule has 1 aromatic heterocycles. The van der Waals surface area contributed by atoms with Gasteiger partial charge in [0.2, 0.25) is 5.91 Å². The fraction of sp³-hybridized carbons (Fsp3) is 0.259. The monoisotopic (exact) mass is 425 g/mol. The Morgan fingerprint density at radius 2 is 1.75 bits per heavy atom. The van der Waals surface area contributed by atoms with Crippen molar-refractivity contribution in [2.24, 2.45) is 0 Å². The number of benzene rings is 3. The fourth-order valence-corrected chi connectivity index (χ4v) is 4.51. The summed E-state index contributed by atoms with van der Waals surface area (Å²) in [5, 5.41) is 0. The first-order valence-corrected chi connectivity index (χ1v) is 11.1. The highest BCUT2D eigenvalue weighted by Gasteiger charge is 2.34. The van der Waals surface area contributed by atoms with Crippen molar-refractivity contribution >= 4 is 22.6 Å². The number of aromatic nitrogens is 2. The van der Waals surface area contributed by atoms with Crippen LogP contribution in [0, 0.1) is 13.8 Å². The standard InChI is InChI=1S/C27H27N3O2/c1-19-9-8-14-25(20(19)2)32-16-15-29-24-13-7-6-12-23(24)28-27(29)21-17-26(31)30(18-21)22-10-4-3-5-11-22/h3-14,21H,15-18H2,1-2H3. The normalized spacial score (nSPS) is 16.1. The first kappa shape index (κ1) is 20.3. The molecule has 0 bridgehead atoms. The zero-order valence-electron chi connectivity index (χ0n) is 18.5. The van der Waals surface area contributed by atoms with Crippen LogP contribution in [0.2, 0.25) is 0 Å². The van der Waals surface area contributed by atoms with E-state index in [0.29, 0.717) is 26.1 Å². The van der Waals surface area contributed by atoms with Crippen LogP contribution in [0.15, 0.2) is 72.8 Å². The summed E-state index contributed by atoms with van der Waals surface area (Å²) in [6.07, 6.45) is 0.468. The summed E-state index contributed by atoms with van der Waals surface area (Å²) in [6, 6.07) is 24.2. The highest BCUT2D eigenvalue weighted by atomic mass is 16.5. The summed E-state index contributed by atoms with van der Waals surface area (Å²) in [5.74, 6) is 2.08. The van der Waals surface area contributed by atoms with E-state index in [-0.39, 0.29) is 11.8 Å². The highest BCUT2D eigenvalue weighted by molar-refractivity contribution is 5.96. The number of ether oxygens (including phenoxy) is 1. The van der Waals surface area contributed by atoms with Gasteiger partial charge in [0, 0.05) is 24.6 Å². The predicted octanol–water partition coefficient (Wildman–Crippen LogP) is 5.25. The lowest BCUT2D eigenvalue weighted by atomic mass is 10.1. The lowest BCUT2D eigenvalue weighted by Crippen LogP contribution is -2.24. The Morgan fingerprint density at radius 1 is 0.969 bits per heavy atom. The second-order valence-corrected chi connectivity index (χ2v) is 8.40. The molecule has 3 aromatic carbocycles. The summed E-state index contributed by atoms with van der Waals surface area (Å²) in [7, 11) is 0. The third-order valence-corrected chi connectivity index (χ3v) is 6.37. The fourth-order valence-electron chi connectivity index (χ4n) is 4.51. The van der Waals surface area contributed by atoms with Gasteiger partial charge in [-0.05, 0) is 55.3 Å². The second-order valence-electron chi connectivity index (χ2n) is 8.40. The number of aryl methyl sites for hydroxylation is 1. The van der Waals surface area contributed by atoms with Crippen molar-refractivity contribution in [1.82, 2.24) is 9.55 Å². The molecule has 1 amide bonds. The highest BCUT2D eigenvalue weighted by Crippen LogP contribution is 2.33. The van der Waals surface area contributed by atoms with Crippen LogP contribution in [0.1, 0.15) is 29.3 Å². The van der Waals surface area contributed by atoms with Crippen LogP contribution in [-0.4, -0.2) is 28.6 Å². The van der Waals surface area contributed by atoms with E-state index in [0.717, 1.165) is 28.3 Å². The van der Waals surface area contributed by atoms with Crippen LogP contribution in [0.25, 0.3) is 11.0 Å². The van der Waals surface area contributed by atoms with Crippen LogP contribution in [0.3, 0.4) is 0 Å². The molecule has 1 aliphatic heterocycles. The SMILES string of the molecule is Cc1cccc(OCCn2c(C3CC(=O)N(c4ccccc4)C3)nc3ccccc32)c1C. The van der Waals surface area contributed by atoms with Crippen molar-refractivity contribution in [1.29, 1.82) is 0 Å². The molecule has 0 saturated carbocycles. The number of amides is 1. The van der Waals surface area contributed by atoms with Gasteiger partial charge in [-0.2, -0.15) is 0 Å². The summed E-state index contributed by atoms with van der Waals surface area (Å²) in [5.41, 5.74) is 5.38. The minimum absolute atomic E-state index is 0.0517. The molecule has 1 fully saturated rings. The molecule has 0 radical (unpaired) electrons. The third-order valence-electron chi connectivity index (χ3n) is 6.37. The van der Waals surface area contributed by atoms with Crippen molar-refractivity contribution in [3.8, 4) is 5.75 Å². The molecule has 1 aliphatic rings. The average Bonchev–Trinajstić information content (AvgIpc) is 3.38. The van der Waals surface area contributed by atoms with Gasteiger partial charge < -0.3 is 14.2 Å². The maximum Gasteiger partial charge on any atom is 0.227 e. The van der Waals surface area contributed by atoms with Gasteiger partial charge in [-0.1, -0.05) is 42.5 Å². The van der Waals surface area contributed by atoms with E-state index in [9.17, 15) is 4.79 Å². The van der Waals surface area contributed by atoms with Gasteiger partial charge in [-0.3, -0.25) is 4.79 Å². The molecule has 32 heavy (non-hydrogen) atoms. The number of hydrogen-bond acceptors (Lipinski definition) is 3. The van der Waals surface area contributed by atoms with Gasteiger partial charge in [0.1, 0.15) is 18.2 Å². The van der Waals surface area contributed by atoms with E-state index in [1.165, 1.54) is 11.1 Å². The van der Waals surface area contributed by atoms with E-state index in [1.54, 1.807) is 0 Å². The molecule has 5 heteroatoms. The topological polar surface area (TPSA) is 47.4 Å². The summed E-state index contributed by atoms with van der Waals surface area (Å²) in [4.78, 5) is 19.6. The maximum atomic E-state index is 12.8. The lowest BCUT2D eigenvalue weighted by Gasteiger charge is -2.18. The molecular weight excluding hydrogens is 398 g/mol. The van der Waals surface area contributed by atoms with Crippen molar-refractivity contribution in [2.45, 2.75) is 32.7 Å². The van der Waals surface area contributed by atoms with Crippen molar-refractivity contribution in [3.05, 3.63) is 89.7 Å². The van der Waals surface area contributed by atoms with Gasteiger partial charge >= 0.3 is 0 Å². The number of carbonyl (C=O) groups is 1. The third kappa shape index (κ3) is 3.75. The number of rotatable bonds is 6. The zero-order chi connectivity index (χ0) is 22.1. The molecule has 1 atom stereocenters. The molecule has 0 N–H and O–H groups in total. The van der Waals surface area contributed by atoms with Gasteiger partial charge in [-0.25, -0.2) is 4.98 Å². The molecule has 4 aromatic rings. The Balaban J connectivity index is 1.41. The van der Waals surface area contributed by atoms with Crippen molar-refractivity contribution < 1.29 is 9.53 Å². The van der Waals surface area contributed by atoms with E-state index in [2.05, 4.69) is 30.5 Å². The Labute approximate surface area is 188 Å². The van der Waals surface area contributed by atoms with Crippen LogP contribution in [-0.2, 0) is 11.3 Å². The number of imidazole rings is 1. The van der Waals surface area contributed by atoms with Crippen molar-refractivity contribution in [2.75, 3.05) is 18.1 Å². The number of fused-ring (bicyclic) bond motifs is 1. The molecule has 1 saturated heterocycles. The maximum absolute atomic E-state index is 12.8. The molecule has 2 heterocycles. The van der Waals surface area contributed by atoms with E-state index < -0.39 is 0 Å². The molecule has 1 unspecified atom stereocenters. The Kier molecular flexibility index (Phi) is 5.39. The van der Waals surface area contributed by atoms with E-state index >= 15 is 0 Å². The molecule has 0 aliphatic carbocycles. The Bertz CT molecular complexity index is 1260. The van der Waals surface area contributed by atoms with Crippen molar-refractivity contribution in [3.63, 3.8) is 0 Å². The zero-order valence-corrected chi connectivity index (χ0v) is 18.5. The van der Waals surface area contributed by atoms with E-state index in [1.807, 2.05) is 65.6 Å².